The molecule has 0 radical (unpaired) electrons. The number of alkyl halides is 2. The average Bonchev–Trinajstić information content (AvgIpc) is 2.28. The summed E-state index contributed by atoms with van der Waals surface area (Å²) < 4.78 is 45.4. The summed E-state index contributed by atoms with van der Waals surface area (Å²) in [6, 6.07) is 3.55. The molecule has 0 aliphatic rings. The molecule has 0 aliphatic heterocycles. The molecular weight excluding hydrogens is 255 g/mol. The van der Waals surface area contributed by atoms with Gasteiger partial charge in [0.25, 0.3) is 5.92 Å². The summed E-state index contributed by atoms with van der Waals surface area (Å²) in [4.78, 5) is 0. The van der Waals surface area contributed by atoms with E-state index in [1.165, 1.54) is 19.2 Å². The second kappa shape index (κ2) is 6.23. The van der Waals surface area contributed by atoms with E-state index in [0.29, 0.717) is 6.61 Å². The van der Waals surface area contributed by atoms with Crippen molar-refractivity contribution in [3.63, 3.8) is 0 Å². The third-order valence-electron chi connectivity index (χ3n) is 2.18. The van der Waals surface area contributed by atoms with Gasteiger partial charge in [-0.3, -0.25) is 0 Å². The molecule has 0 fully saturated rings. The van der Waals surface area contributed by atoms with Crippen LogP contribution in [-0.2, 0) is 10.7 Å². The van der Waals surface area contributed by atoms with E-state index in [1.807, 2.05) is 0 Å². The Hall–Kier alpha value is -0.780. The lowest BCUT2D eigenvalue weighted by molar-refractivity contribution is -0.00750. The van der Waals surface area contributed by atoms with Crippen LogP contribution in [0.5, 0.6) is 0 Å². The average molecular weight is 268 g/mol. The largest absolute Gasteiger partial charge is 0.383 e. The summed E-state index contributed by atoms with van der Waals surface area (Å²) in [7, 11) is 1.47. The Balaban J connectivity index is 2.71. The second-order valence-electron chi connectivity index (χ2n) is 3.48. The van der Waals surface area contributed by atoms with Gasteiger partial charge in [0, 0.05) is 13.7 Å². The van der Waals surface area contributed by atoms with Crippen LogP contribution in [-0.4, -0.2) is 26.8 Å². The predicted octanol–water partition coefficient (Wildman–Crippen LogP) is 2.81. The van der Waals surface area contributed by atoms with Crippen molar-refractivity contribution in [1.29, 1.82) is 0 Å². The maximum Gasteiger partial charge on any atom is 0.288 e. The Bertz CT molecular complexity index is 374. The van der Waals surface area contributed by atoms with Crippen molar-refractivity contribution in [2.45, 2.75) is 5.92 Å². The monoisotopic (exact) mass is 267 g/mol. The van der Waals surface area contributed by atoms with Crippen LogP contribution in [0.25, 0.3) is 0 Å². The van der Waals surface area contributed by atoms with Gasteiger partial charge in [0.1, 0.15) is 0 Å². The molecule has 0 atom stereocenters. The highest BCUT2D eigenvalue weighted by molar-refractivity contribution is 6.30. The molecule has 1 aromatic rings. The Morgan fingerprint density at radius 3 is 2.76 bits per heavy atom. The van der Waals surface area contributed by atoms with Gasteiger partial charge in [0.05, 0.1) is 23.7 Å². The van der Waals surface area contributed by atoms with Crippen LogP contribution in [0.3, 0.4) is 0 Å². The summed E-state index contributed by atoms with van der Waals surface area (Å²) >= 11 is 5.45. The highest BCUT2D eigenvalue weighted by Gasteiger charge is 2.34. The fourth-order valence-electron chi connectivity index (χ4n) is 1.30. The minimum absolute atomic E-state index is 0.272. The lowest BCUT2D eigenvalue weighted by atomic mass is 10.1. The van der Waals surface area contributed by atoms with Crippen molar-refractivity contribution in [2.24, 2.45) is 0 Å². The fraction of sp³-hybridized carbons (Fsp3) is 0.455. The van der Waals surface area contributed by atoms with Crippen LogP contribution < -0.4 is 5.32 Å². The van der Waals surface area contributed by atoms with Crippen LogP contribution in [0, 0.1) is 5.82 Å². The fourth-order valence-corrected chi connectivity index (χ4v) is 1.48. The van der Waals surface area contributed by atoms with E-state index >= 15 is 0 Å². The molecule has 0 aromatic heterocycles. The summed E-state index contributed by atoms with van der Waals surface area (Å²) in [6.07, 6.45) is 0. The Morgan fingerprint density at radius 2 is 2.12 bits per heavy atom. The zero-order chi connectivity index (χ0) is 12.9. The van der Waals surface area contributed by atoms with E-state index < -0.39 is 23.8 Å². The van der Waals surface area contributed by atoms with E-state index in [4.69, 9.17) is 16.3 Å². The lowest BCUT2D eigenvalue weighted by Gasteiger charge is -2.18. The first-order valence-corrected chi connectivity index (χ1v) is 5.39. The van der Waals surface area contributed by atoms with Crippen LogP contribution >= 0.6 is 11.6 Å². The van der Waals surface area contributed by atoms with Crippen molar-refractivity contribution in [1.82, 2.24) is 5.32 Å². The number of hydrogen-bond acceptors (Lipinski definition) is 2. The Morgan fingerprint density at radius 1 is 1.41 bits per heavy atom. The topological polar surface area (TPSA) is 21.3 Å². The summed E-state index contributed by atoms with van der Waals surface area (Å²) in [6.45, 7) is -0.0734. The molecule has 6 heteroatoms. The third-order valence-corrected chi connectivity index (χ3v) is 2.47. The maximum atomic E-state index is 13.6. The number of ether oxygens (including phenoxy) is 1. The van der Waals surface area contributed by atoms with E-state index in [9.17, 15) is 13.2 Å². The van der Waals surface area contributed by atoms with E-state index in [2.05, 4.69) is 5.32 Å². The van der Waals surface area contributed by atoms with Gasteiger partial charge >= 0.3 is 0 Å². The molecule has 0 saturated heterocycles. The van der Waals surface area contributed by atoms with Gasteiger partial charge in [-0.05, 0) is 12.1 Å². The molecule has 96 valence electrons. The van der Waals surface area contributed by atoms with Crippen LogP contribution in [0.4, 0.5) is 13.2 Å². The molecule has 0 saturated carbocycles. The molecule has 0 aliphatic carbocycles. The van der Waals surface area contributed by atoms with Gasteiger partial charge in [0.15, 0.2) is 5.82 Å². The molecule has 2 nitrogen and oxygen atoms in total. The molecule has 1 rings (SSSR count). The number of hydrogen-bond donors (Lipinski definition) is 1. The number of benzene rings is 1. The standard InChI is InChI=1S/C11H13ClF3NO/c1-17-6-5-16-7-11(14,15)8-3-2-4-9(12)10(8)13/h2-4,16H,5-7H2,1H3. The van der Waals surface area contributed by atoms with Gasteiger partial charge in [-0.2, -0.15) is 8.78 Å². The van der Waals surface area contributed by atoms with E-state index in [-0.39, 0.29) is 11.6 Å². The second-order valence-corrected chi connectivity index (χ2v) is 3.88. The van der Waals surface area contributed by atoms with Gasteiger partial charge in [0.2, 0.25) is 0 Å². The quantitative estimate of drug-likeness (QED) is 0.801. The number of halogens is 4. The van der Waals surface area contributed by atoms with Crippen LogP contribution in [0.2, 0.25) is 5.02 Å². The van der Waals surface area contributed by atoms with Gasteiger partial charge in [-0.25, -0.2) is 4.39 Å². The number of rotatable bonds is 6. The zero-order valence-corrected chi connectivity index (χ0v) is 10.0. The minimum atomic E-state index is -3.30. The number of nitrogens with one attached hydrogen (secondary N) is 1. The molecule has 1 N–H and O–H groups in total. The van der Waals surface area contributed by atoms with Crippen molar-refractivity contribution in [3.05, 3.63) is 34.6 Å². The first-order valence-electron chi connectivity index (χ1n) is 5.01. The SMILES string of the molecule is COCCNCC(F)(F)c1cccc(Cl)c1F. The Kier molecular flexibility index (Phi) is 5.24. The van der Waals surface area contributed by atoms with Crippen molar-refractivity contribution in [3.8, 4) is 0 Å². The molecular formula is C11H13ClF3NO. The van der Waals surface area contributed by atoms with Crippen LogP contribution in [0.15, 0.2) is 18.2 Å². The van der Waals surface area contributed by atoms with Gasteiger partial charge < -0.3 is 10.1 Å². The smallest absolute Gasteiger partial charge is 0.288 e. The predicted molar refractivity (Wildman–Crippen MR) is 60.0 cm³/mol. The molecule has 0 bridgehead atoms. The van der Waals surface area contributed by atoms with E-state index in [1.54, 1.807) is 0 Å². The summed E-state index contributed by atoms with van der Waals surface area (Å²) in [5.41, 5.74) is -0.699. The normalized spacial score (nSPS) is 11.8. The molecule has 17 heavy (non-hydrogen) atoms. The van der Waals surface area contributed by atoms with Crippen molar-refractivity contribution >= 4 is 11.6 Å². The van der Waals surface area contributed by atoms with Gasteiger partial charge in [-0.15, -0.1) is 0 Å². The first-order chi connectivity index (χ1) is 7.99. The zero-order valence-electron chi connectivity index (χ0n) is 9.27. The number of methoxy groups -OCH3 is 1. The summed E-state index contributed by atoms with van der Waals surface area (Å²) in [5, 5.41) is 2.18. The summed E-state index contributed by atoms with van der Waals surface area (Å²) in [5.74, 6) is -4.38. The molecule has 0 heterocycles. The molecule has 1 aromatic carbocycles. The minimum Gasteiger partial charge on any atom is -0.383 e. The van der Waals surface area contributed by atoms with Crippen molar-refractivity contribution in [2.75, 3.05) is 26.8 Å². The molecule has 0 unspecified atom stereocenters. The van der Waals surface area contributed by atoms with Gasteiger partial charge in [-0.1, -0.05) is 17.7 Å². The molecule has 0 spiro atoms. The van der Waals surface area contributed by atoms with Crippen LogP contribution in [0.1, 0.15) is 5.56 Å². The highest BCUT2D eigenvalue weighted by Crippen LogP contribution is 2.32. The molecule has 0 amide bonds. The van der Waals surface area contributed by atoms with E-state index in [0.717, 1.165) is 6.07 Å². The third kappa shape index (κ3) is 3.87. The first kappa shape index (κ1) is 14.3. The maximum absolute atomic E-state index is 13.6. The van der Waals surface area contributed by atoms with Crippen molar-refractivity contribution < 1.29 is 17.9 Å². The lowest BCUT2D eigenvalue weighted by Crippen LogP contribution is -2.33. The highest BCUT2D eigenvalue weighted by atomic mass is 35.5. The Labute approximate surface area is 103 Å².